The van der Waals surface area contributed by atoms with Gasteiger partial charge in [0.05, 0.1) is 0 Å². The first kappa shape index (κ1) is 31.3. The molecule has 0 aromatic heterocycles. The summed E-state index contributed by atoms with van der Waals surface area (Å²) >= 11 is 0. The molecule has 0 amide bonds. The second-order valence-corrected chi connectivity index (χ2v) is 0. The molecular weight excluding hydrogens is 112 g/mol. The third-order valence-corrected chi connectivity index (χ3v) is 0. The van der Waals surface area contributed by atoms with Crippen LogP contribution in [0.5, 0.6) is 0 Å². The number of halogens is 1. The van der Waals surface area contributed by atoms with E-state index < -0.39 is 0 Å². The van der Waals surface area contributed by atoms with Gasteiger partial charge in [-0.15, -0.1) is 12.4 Å². The Hall–Kier alpha value is 2.52. The second-order valence-electron chi connectivity index (χ2n) is 0. The molecule has 0 aromatic rings. The van der Waals surface area contributed by atoms with Crippen LogP contribution < -0.4 is 51.4 Å². The molecule has 0 spiro atoms. The molecule has 0 heterocycles. The van der Waals surface area contributed by atoms with Crippen molar-refractivity contribution in [2.75, 3.05) is 0 Å². The van der Waals surface area contributed by atoms with Crippen molar-refractivity contribution in [3.63, 3.8) is 0 Å². The van der Waals surface area contributed by atoms with Crippen molar-refractivity contribution in [1.29, 1.82) is 0 Å². The summed E-state index contributed by atoms with van der Waals surface area (Å²) in [7, 11) is 0. The minimum absolute atomic E-state index is 0. The smallest absolute Gasteiger partial charge is 1.00 e. The van der Waals surface area contributed by atoms with Crippen LogP contribution in [0.15, 0.2) is 0 Å². The van der Waals surface area contributed by atoms with E-state index in [1.165, 1.54) is 0 Å². The van der Waals surface area contributed by atoms with Crippen molar-refractivity contribution in [1.82, 2.24) is 0 Å². The number of hydrogen-bond donors (Lipinski definition) is 0. The summed E-state index contributed by atoms with van der Waals surface area (Å²) in [6, 6.07) is 0. The Morgan fingerprint density at radius 2 is 1.25 bits per heavy atom. The molecule has 0 aromatic carbocycles. The number of hydrogen-bond acceptors (Lipinski definition) is 0. The Bertz CT molecular complexity index is 11.6. The Labute approximate surface area is 89.1 Å². The quantitative estimate of drug-likeness (QED) is 0.284. The Balaban J connectivity index is 0. The summed E-state index contributed by atoms with van der Waals surface area (Å²) in [6.45, 7) is 0. The third-order valence-electron chi connectivity index (χ3n) is 0. The average Bonchev–Trinajstić information content (AvgIpc) is 0. The van der Waals surface area contributed by atoms with E-state index in [9.17, 15) is 0 Å². The maximum absolute atomic E-state index is 0. The van der Waals surface area contributed by atoms with Crippen molar-refractivity contribution in [3.05, 3.63) is 0 Å². The van der Waals surface area contributed by atoms with E-state index in [0.29, 0.717) is 0 Å². The third kappa shape index (κ3) is 8.82. The van der Waals surface area contributed by atoms with Gasteiger partial charge in [0.15, 0.2) is 17.4 Å². The molecule has 0 nitrogen and oxygen atoms in total. The van der Waals surface area contributed by atoms with Gasteiger partial charge in [-0.3, -0.25) is 0 Å². The van der Waals surface area contributed by atoms with Gasteiger partial charge in [-0.25, -0.2) is 0 Å². The van der Waals surface area contributed by atoms with E-state index >= 15 is 0 Å². The van der Waals surface area contributed by atoms with Gasteiger partial charge in [0.25, 0.3) is 0 Å². The molecular formula is H5AlBClK. The molecule has 19 valence electrons. The van der Waals surface area contributed by atoms with E-state index in [2.05, 4.69) is 0 Å². The van der Waals surface area contributed by atoms with Crippen LogP contribution >= 0.6 is 12.4 Å². The molecule has 4 heteroatoms. The maximum atomic E-state index is 0. The molecule has 0 saturated heterocycles. The zero-order valence-corrected chi connectivity index (χ0v) is 5.93. The fourth-order valence-corrected chi connectivity index (χ4v) is 0. The molecule has 0 aliphatic carbocycles. The van der Waals surface area contributed by atoms with Gasteiger partial charge in [0.2, 0.25) is 0 Å². The molecule has 0 fully saturated rings. The van der Waals surface area contributed by atoms with Crippen LogP contribution in [-0.4, -0.2) is 25.8 Å². The second kappa shape index (κ2) is 17.7. The Kier molecular flexibility index (Phi) is 139. The first-order valence-corrected chi connectivity index (χ1v) is 0. The minimum atomic E-state index is 0. The van der Waals surface area contributed by atoms with Crippen LogP contribution in [0, 0.1) is 0 Å². The van der Waals surface area contributed by atoms with Crippen LogP contribution in [0.1, 0.15) is 1.43 Å². The first-order valence-electron chi connectivity index (χ1n) is 0. The predicted molar refractivity (Wildman–Crippen MR) is 24.1 cm³/mol. The van der Waals surface area contributed by atoms with E-state index in [0.717, 1.165) is 0 Å². The summed E-state index contributed by atoms with van der Waals surface area (Å²) in [4.78, 5) is 0. The van der Waals surface area contributed by atoms with E-state index in [-0.39, 0.29) is 91.0 Å². The Morgan fingerprint density at radius 1 is 1.25 bits per heavy atom. The standard InChI is InChI=1S/Al.B.ClH.K.4H/h;;1H;;;;;/q;;;+1;;;;-1. The van der Waals surface area contributed by atoms with E-state index in [4.69, 9.17) is 0 Å². The van der Waals surface area contributed by atoms with Crippen LogP contribution in [-0.2, 0) is 0 Å². The minimum Gasteiger partial charge on any atom is -1.00 e. The molecule has 0 aliphatic rings. The van der Waals surface area contributed by atoms with E-state index in [1.54, 1.807) is 0 Å². The summed E-state index contributed by atoms with van der Waals surface area (Å²) in [5, 5.41) is 0. The molecule has 0 rings (SSSR count). The number of rotatable bonds is 0. The van der Waals surface area contributed by atoms with Crippen LogP contribution in [0.25, 0.3) is 0 Å². The summed E-state index contributed by atoms with van der Waals surface area (Å²) in [6.07, 6.45) is 0. The van der Waals surface area contributed by atoms with Crippen LogP contribution in [0.2, 0.25) is 0 Å². The van der Waals surface area contributed by atoms with Crippen molar-refractivity contribution in [3.8, 4) is 0 Å². The zero-order valence-electron chi connectivity index (χ0n) is 2.99. The largest absolute Gasteiger partial charge is 1.00 e. The SMILES string of the molecule is Cl.[AlH3].[B].[H-].[K+]. The molecule has 0 N–H and O–H groups in total. The normalized spacial score (nSPS) is 0. The van der Waals surface area contributed by atoms with Gasteiger partial charge in [0.1, 0.15) is 0 Å². The van der Waals surface area contributed by atoms with Crippen molar-refractivity contribution < 1.29 is 52.8 Å². The molecule has 0 atom stereocenters. The average molecular weight is 117 g/mol. The van der Waals surface area contributed by atoms with E-state index in [1.807, 2.05) is 0 Å². The fourth-order valence-electron chi connectivity index (χ4n) is 0. The summed E-state index contributed by atoms with van der Waals surface area (Å²) in [5.41, 5.74) is 0. The topological polar surface area (TPSA) is 0 Å². The van der Waals surface area contributed by atoms with Gasteiger partial charge >= 0.3 is 51.4 Å². The molecule has 0 aliphatic heterocycles. The fraction of sp³-hybridized carbons (Fsp3) is 0. The molecule has 0 saturated carbocycles. The van der Waals surface area contributed by atoms with Crippen molar-refractivity contribution >= 4 is 38.2 Å². The molecule has 0 unspecified atom stereocenters. The molecule has 0 bridgehead atoms. The first-order chi connectivity index (χ1) is 0. The van der Waals surface area contributed by atoms with Crippen LogP contribution in [0.3, 0.4) is 0 Å². The maximum Gasteiger partial charge on any atom is 1.00 e. The van der Waals surface area contributed by atoms with Crippen molar-refractivity contribution in [2.45, 2.75) is 0 Å². The molecule has 4 heavy (non-hydrogen) atoms. The summed E-state index contributed by atoms with van der Waals surface area (Å²) in [5.74, 6) is 0. The molecule has 3 radical (unpaired) electrons. The van der Waals surface area contributed by atoms with Crippen LogP contribution in [0.4, 0.5) is 0 Å². The summed E-state index contributed by atoms with van der Waals surface area (Å²) < 4.78 is 0. The van der Waals surface area contributed by atoms with Gasteiger partial charge in [-0.1, -0.05) is 0 Å². The Morgan fingerprint density at radius 3 is 1.25 bits per heavy atom. The van der Waals surface area contributed by atoms with Gasteiger partial charge in [-0.05, 0) is 0 Å². The van der Waals surface area contributed by atoms with Gasteiger partial charge in [0, 0.05) is 8.41 Å². The van der Waals surface area contributed by atoms with Crippen molar-refractivity contribution in [2.24, 2.45) is 0 Å². The van der Waals surface area contributed by atoms with Gasteiger partial charge in [-0.2, -0.15) is 0 Å². The van der Waals surface area contributed by atoms with Gasteiger partial charge < -0.3 is 1.43 Å². The predicted octanol–water partition coefficient (Wildman–Crippen LogP) is -4.03. The monoisotopic (exact) mass is 117 g/mol. The zero-order chi connectivity index (χ0) is 0.